The fourth-order valence-corrected chi connectivity index (χ4v) is 5.28. The number of hydrogen-bond acceptors (Lipinski definition) is 5. The molecule has 142 valence electrons. The van der Waals surface area contributed by atoms with Crippen molar-refractivity contribution in [3.8, 4) is 0 Å². The SMILES string of the molecule is Cc1c(C(=O)NCC2(S(=O)(=O)NC(C)(C)C)CCC2)cnc2ccnn12. The van der Waals surface area contributed by atoms with Gasteiger partial charge in [0.2, 0.25) is 10.0 Å². The summed E-state index contributed by atoms with van der Waals surface area (Å²) >= 11 is 0. The molecule has 1 saturated carbocycles. The average molecular weight is 379 g/mol. The minimum absolute atomic E-state index is 0.0772. The zero-order valence-electron chi connectivity index (χ0n) is 15.5. The van der Waals surface area contributed by atoms with E-state index in [2.05, 4.69) is 20.1 Å². The molecule has 0 bridgehead atoms. The lowest BCUT2D eigenvalue weighted by atomic mass is 9.84. The lowest BCUT2D eigenvalue weighted by Gasteiger charge is -2.42. The van der Waals surface area contributed by atoms with Crippen LogP contribution < -0.4 is 10.0 Å². The van der Waals surface area contributed by atoms with Gasteiger partial charge in [-0.3, -0.25) is 4.79 Å². The molecule has 8 nitrogen and oxygen atoms in total. The van der Waals surface area contributed by atoms with Gasteiger partial charge in [-0.15, -0.1) is 0 Å². The average Bonchev–Trinajstić information content (AvgIpc) is 2.92. The molecule has 0 saturated heterocycles. The van der Waals surface area contributed by atoms with Crippen molar-refractivity contribution in [3.05, 3.63) is 29.7 Å². The van der Waals surface area contributed by atoms with Gasteiger partial charge < -0.3 is 5.32 Å². The zero-order chi connectivity index (χ0) is 19.2. The summed E-state index contributed by atoms with van der Waals surface area (Å²) in [5.41, 5.74) is 1.15. The van der Waals surface area contributed by atoms with Crippen LogP contribution in [0.5, 0.6) is 0 Å². The van der Waals surface area contributed by atoms with Gasteiger partial charge >= 0.3 is 0 Å². The first-order chi connectivity index (χ1) is 12.0. The molecule has 1 amide bonds. The van der Waals surface area contributed by atoms with E-state index in [9.17, 15) is 13.2 Å². The monoisotopic (exact) mass is 379 g/mol. The number of amides is 1. The van der Waals surface area contributed by atoms with Crippen molar-refractivity contribution in [2.75, 3.05) is 6.54 Å². The normalized spacial score (nSPS) is 17.1. The van der Waals surface area contributed by atoms with Crippen LogP contribution in [-0.2, 0) is 10.0 Å². The van der Waals surface area contributed by atoms with Crippen LogP contribution in [0.3, 0.4) is 0 Å². The predicted molar refractivity (Wildman–Crippen MR) is 98.4 cm³/mol. The van der Waals surface area contributed by atoms with E-state index in [0.717, 1.165) is 6.42 Å². The summed E-state index contributed by atoms with van der Waals surface area (Å²) in [6.45, 7) is 7.29. The van der Waals surface area contributed by atoms with Crippen molar-refractivity contribution < 1.29 is 13.2 Å². The molecule has 2 aromatic heterocycles. The van der Waals surface area contributed by atoms with Crippen LogP contribution in [0.1, 0.15) is 56.1 Å². The van der Waals surface area contributed by atoms with Crippen molar-refractivity contribution in [1.82, 2.24) is 24.6 Å². The minimum Gasteiger partial charge on any atom is -0.350 e. The highest BCUT2D eigenvalue weighted by molar-refractivity contribution is 7.91. The third kappa shape index (κ3) is 3.33. The number of rotatable bonds is 5. The second-order valence-electron chi connectivity index (χ2n) is 7.93. The standard InChI is InChI=1S/C17H25N5O3S/c1-12-13(10-18-14-6-9-20-22(12)14)15(23)19-11-17(7-5-8-17)26(24,25)21-16(2,3)4/h6,9-10,21H,5,7-8,11H2,1-4H3,(H,19,23). The van der Waals surface area contributed by atoms with Crippen molar-refractivity contribution in [2.24, 2.45) is 0 Å². The number of aromatic nitrogens is 3. The topological polar surface area (TPSA) is 105 Å². The van der Waals surface area contributed by atoms with E-state index < -0.39 is 20.3 Å². The Morgan fingerprint density at radius 1 is 1.35 bits per heavy atom. The van der Waals surface area contributed by atoms with Gasteiger partial charge in [-0.05, 0) is 40.5 Å². The van der Waals surface area contributed by atoms with E-state index in [4.69, 9.17) is 0 Å². The van der Waals surface area contributed by atoms with Crippen molar-refractivity contribution >= 4 is 21.6 Å². The Hall–Kier alpha value is -2.00. The molecular weight excluding hydrogens is 354 g/mol. The first-order valence-corrected chi connectivity index (χ1v) is 10.1. The van der Waals surface area contributed by atoms with E-state index in [1.165, 1.54) is 6.20 Å². The highest BCUT2D eigenvalue weighted by atomic mass is 32.2. The lowest BCUT2D eigenvalue weighted by molar-refractivity contribution is 0.0941. The molecule has 26 heavy (non-hydrogen) atoms. The summed E-state index contributed by atoms with van der Waals surface area (Å²) < 4.78 is 29.0. The van der Waals surface area contributed by atoms with Gasteiger partial charge in [-0.25, -0.2) is 22.6 Å². The van der Waals surface area contributed by atoms with Crippen LogP contribution in [0.25, 0.3) is 5.65 Å². The smallest absolute Gasteiger partial charge is 0.254 e. The Labute approximate surface area is 153 Å². The molecule has 1 aliphatic rings. The molecule has 0 aromatic carbocycles. The summed E-state index contributed by atoms with van der Waals surface area (Å²) in [7, 11) is -3.55. The number of aryl methyl sites for hydroxylation is 1. The largest absolute Gasteiger partial charge is 0.350 e. The summed E-state index contributed by atoms with van der Waals surface area (Å²) in [5.74, 6) is -0.343. The number of nitrogens with zero attached hydrogens (tertiary/aromatic N) is 3. The molecule has 2 heterocycles. The molecule has 1 fully saturated rings. The molecule has 0 atom stereocenters. The number of sulfonamides is 1. The Balaban J connectivity index is 1.78. The summed E-state index contributed by atoms with van der Waals surface area (Å²) in [6, 6.07) is 1.75. The Kier molecular flexibility index (Phi) is 4.56. The minimum atomic E-state index is -3.55. The maximum absolute atomic E-state index is 12.8. The molecule has 9 heteroatoms. The second kappa shape index (κ2) is 6.31. The fraction of sp³-hybridized carbons (Fsp3) is 0.588. The van der Waals surface area contributed by atoms with Crippen molar-refractivity contribution in [1.29, 1.82) is 0 Å². The fourth-order valence-electron chi connectivity index (χ4n) is 3.17. The number of hydrogen-bond donors (Lipinski definition) is 2. The summed E-state index contributed by atoms with van der Waals surface area (Å²) in [4.78, 5) is 16.8. The summed E-state index contributed by atoms with van der Waals surface area (Å²) in [5, 5.41) is 6.94. The third-order valence-corrected chi connectivity index (χ3v) is 7.32. The predicted octanol–water partition coefficient (Wildman–Crippen LogP) is 1.41. The Morgan fingerprint density at radius 3 is 2.62 bits per heavy atom. The van der Waals surface area contributed by atoms with Crippen molar-refractivity contribution in [2.45, 2.75) is 57.2 Å². The third-order valence-electron chi connectivity index (χ3n) is 4.75. The molecule has 1 aliphatic carbocycles. The number of carbonyl (C=O) groups is 1. The first-order valence-electron chi connectivity index (χ1n) is 8.66. The van der Waals surface area contributed by atoms with E-state index in [0.29, 0.717) is 29.7 Å². The first kappa shape index (κ1) is 18.8. The molecule has 3 rings (SSSR count). The molecule has 2 aromatic rings. The van der Waals surface area contributed by atoms with Gasteiger partial charge in [0.15, 0.2) is 5.65 Å². The number of nitrogens with one attached hydrogen (secondary N) is 2. The van der Waals surface area contributed by atoms with Gasteiger partial charge in [-0.2, -0.15) is 5.10 Å². The van der Waals surface area contributed by atoms with Gasteiger partial charge in [0.1, 0.15) is 4.75 Å². The van der Waals surface area contributed by atoms with Crippen molar-refractivity contribution in [3.63, 3.8) is 0 Å². The van der Waals surface area contributed by atoms with E-state index in [1.807, 2.05) is 20.8 Å². The molecule has 0 spiro atoms. The maximum atomic E-state index is 12.8. The van der Waals surface area contributed by atoms with Crippen LogP contribution in [-0.4, -0.2) is 45.8 Å². The Morgan fingerprint density at radius 2 is 2.04 bits per heavy atom. The van der Waals surface area contributed by atoms with Gasteiger partial charge in [0, 0.05) is 24.3 Å². The molecule has 0 aliphatic heterocycles. The zero-order valence-corrected chi connectivity index (χ0v) is 16.4. The molecule has 0 unspecified atom stereocenters. The van der Waals surface area contributed by atoms with Crippen LogP contribution in [0.4, 0.5) is 0 Å². The number of fused-ring (bicyclic) bond motifs is 1. The second-order valence-corrected chi connectivity index (χ2v) is 10.0. The maximum Gasteiger partial charge on any atom is 0.254 e. The van der Waals surface area contributed by atoms with Gasteiger partial charge in [0.05, 0.1) is 17.5 Å². The van der Waals surface area contributed by atoms with E-state index in [-0.39, 0.29) is 12.5 Å². The molecular formula is C17H25N5O3S. The van der Waals surface area contributed by atoms with Gasteiger partial charge in [0.25, 0.3) is 5.91 Å². The summed E-state index contributed by atoms with van der Waals surface area (Å²) in [6.07, 6.45) is 5.02. The molecule has 2 N–H and O–H groups in total. The van der Waals surface area contributed by atoms with E-state index >= 15 is 0 Å². The van der Waals surface area contributed by atoms with Crippen LogP contribution in [0, 0.1) is 6.92 Å². The lowest BCUT2D eigenvalue weighted by Crippen LogP contribution is -2.60. The molecule has 0 radical (unpaired) electrons. The highest BCUT2D eigenvalue weighted by Gasteiger charge is 2.50. The van der Waals surface area contributed by atoms with Crippen LogP contribution >= 0.6 is 0 Å². The quantitative estimate of drug-likeness (QED) is 0.817. The highest BCUT2D eigenvalue weighted by Crippen LogP contribution is 2.39. The van der Waals surface area contributed by atoms with Gasteiger partial charge in [-0.1, -0.05) is 6.42 Å². The van der Waals surface area contributed by atoms with Crippen LogP contribution in [0.2, 0.25) is 0 Å². The Bertz CT molecular complexity index is 939. The van der Waals surface area contributed by atoms with E-state index in [1.54, 1.807) is 23.7 Å². The van der Waals surface area contributed by atoms with Crippen LogP contribution in [0.15, 0.2) is 18.5 Å². The number of carbonyl (C=O) groups excluding carboxylic acids is 1.